The molecule has 0 aliphatic rings. The van der Waals surface area contributed by atoms with Crippen molar-refractivity contribution in [3.05, 3.63) is 41.7 Å². The smallest absolute Gasteiger partial charge is 0.251 e. The maximum absolute atomic E-state index is 11.4. The molecule has 16 heavy (non-hydrogen) atoms. The van der Waals surface area contributed by atoms with E-state index < -0.39 is 0 Å². The summed E-state index contributed by atoms with van der Waals surface area (Å²) in [5.74, 6) is -0.117. The molecule has 4 heteroatoms. The van der Waals surface area contributed by atoms with Gasteiger partial charge in [0, 0.05) is 24.2 Å². The summed E-state index contributed by atoms with van der Waals surface area (Å²) in [7, 11) is 1.60. The Morgan fingerprint density at radius 1 is 1.38 bits per heavy atom. The van der Waals surface area contributed by atoms with Crippen molar-refractivity contribution < 1.29 is 9.90 Å². The van der Waals surface area contributed by atoms with Gasteiger partial charge in [0.25, 0.3) is 5.91 Å². The molecule has 0 aliphatic heterocycles. The molecule has 0 aliphatic carbocycles. The van der Waals surface area contributed by atoms with Gasteiger partial charge in [-0.1, -0.05) is 6.07 Å². The number of fused-ring (bicyclic) bond motifs is 1. The molecule has 0 unspecified atom stereocenters. The van der Waals surface area contributed by atoms with Gasteiger partial charge in [-0.2, -0.15) is 0 Å². The number of hydrogen-bond donors (Lipinski definition) is 2. The van der Waals surface area contributed by atoms with Crippen LogP contribution >= 0.6 is 0 Å². The van der Waals surface area contributed by atoms with E-state index >= 15 is 0 Å². The van der Waals surface area contributed by atoms with Crippen molar-refractivity contribution in [2.45, 2.75) is 6.61 Å². The van der Waals surface area contributed by atoms with Gasteiger partial charge in [-0.3, -0.25) is 9.78 Å². The van der Waals surface area contributed by atoms with Crippen molar-refractivity contribution in [3.63, 3.8) is 0 Å². The predicted molar refractivity (Wildman–Crippen MR) is 61.1 cm³/mol. The Morgan fingerprint density at radius 2 is 2.19 bits per heavy atom. The quantitative estimate of drug-likeness (QED) is 0.789. The van der Waals surface area contributed by atoms with Crippen molar-refractivity contribution in [2.75, 3.05) is 7.05 Å². The number of aliphatic hydroxyl groups is 1. The van der Waals surface area contributed by atoms with Crippen molar-refractivity contribution in [1.29, 1.82) is 0 Å². The van der Waals surface area contributed by atoms with Crippen LogP contribution in [0.2, 0.25) is 0 Å². The number of aliphatic hydroxyl groups excluding tert-OH is 1. The summed E-state index contributed by atoms with van der Waals surface area (Å²) < 4.78 is 0. The van der Waals surface area contributed by atoms with E-state index in [1.165, 1.54) is 0 Å². The zero-order valence-corrected chi connectivity index (χ0v) is 8.90. The minimum Gasteiger partial charge on any atom is -0.390 e. The molecule has 0 spiro atoms. The number of nitrogens with one attached hydrogen (secondary N) is 1. The first-order valence-electron chi connectivity index (χ1n) is 4.96. The van der Waals surface area contributed by atoms with Gasteiger partial charge >= 0.3 is 0 Å². The van der Waals surface area contributed by atoms with Crippen LogP contribution in [0.25, 0.3) is 10.8 Å². The van der Waals surface area contributed by atoms with E-state index in [0.29, 0.717) is 11.3 Å². The van der Waals surface area contributed by atoms with Crippen LogP contribution in [-0.2, 0) is 6.61 Å². The van der Waals surface area contributed by atoms with Crippen LogP contribution in [0.1, 0.15) is 16.1 Å². The standard InChI is InChI=1S/C12H12N2O2/c1-13-12(16)9-3-2-8-5-11(7-15)14-6-10(8)4-9/h2-6,15H,7H2,1H3,(H,13,16). The van der Waals surface area contributed by atoms with E-state index in [1.54, 1.807) is 25.4 Å². The van der Waals surface area contributed by atoms with E-state index in [-0.39, 0.29) is 12.5 Å². The van der Waals surface area contributed by atoms with Gasteiger partial charge in [0.1, 0.15) is 0 Å². The molecule has 2 N–H and O–H groups in total. The summed E-state index contributed by atoms with van der Waals surface area (Å²) in [6, 6.07) is 7.19. The minimum atomic E-state index is -0.117. The van der Waals surface area contributed by atoms with Crippen LogP contribution in [0.15, 0.2) is 30.5 Å². The van der Waals surface area contributed by atoms with Crippen molar-refractivity contribution in [3.8, 4) is 0 Å². The molecular weight excluding hydrogens is 204 g/mol. The molecule has 1 aromatic carbocycles. The molecule has 0 saturated carbocycles. The number of carbonyl (C=O) groups is 1. The van der Waals surface area contributed by atoms with Crippen LogP contribution in [0, 0.1) is 0 Å². The summed E-state index contributed by atoms with van der Waals surface area (Å²) >= 11 is 0. The molecule has 82 valence electrons. The van der Waals surface area contributed by atoms with Crippen molar-refractivity contribution in [2.24, 2.45) is 0 Å². The third-order valence-corrected chi connectivity index (χ3v) is 2.43. The number of carbonyl (C=O) groups excluding carboxylic acids is 1. The number of nitrogens with zero attached hydrogens (tertiary/aromatic N) is 1. The van der Waals surface area contributed by atoms with Gasteiger partial charge in [0.15, 0.2) is 0 Å². The fourth-order valence-corrected chi connectivity index (χ4v) is 1.56. The largest absolute Gasteiger partial charge is 0.390 e. The number of pyridine rings is 1. The summed E-state index contributed by atoms with van der Waals surface area (Å²) in [6.45, 7) is -0.0763. The lowest BCUT2D eigenvalue weighted by Gasteiger charge is -2.03. The summed E-state index contributed by atoms with van der Waals surface area (Å²) in [5.41, 5.74) is 1.23. The molecular formula is C12H12N2O2. The lowest BCUT2D eigenvalue weighted by atomic mass is 10.1. The Kier molecular flexibility index (Phi) is 2.83. The molecule has 2 aromatic rings. The summed E-state index contributed by atoms with van der Waals surface area (Å²) in [6.07, 6.45) is 1.66. The maximum Gasteiger partial charge on any atom is 0.251 e. The molecule has 0 saturated heterocycles. The Bertz CT molecular complexity index is 538. The second-order valence-corrected chi connectivity index (χ2v) is 3.47. The van der Waals surface area contributed by atoms with E-state index in [1.807, 2.05) is 12.1 Å². The second-order valence-electron chi connectivity index (χ2n) is 3.47. The molecule has 1 aromatic heterocycles. The molecule has 1 heterocycles. The fourth-order valence-electron chi connectivity index (χ4n) is 1.56. The Morgan fingerprint density at radius 3 is 2.88 bits per heavy atom. The van der Waals surface area contributed by atoms with Gasteiger partial charge in [0.05, 0.1) is 12.3 Å². The molecule has 1 amide bonds. The highest BCUT2D eigenvalue weighted by atomic mass is 16.3. The summed E-state index contributed by atoms with van der Waals surface area (Å²) in [5, 5.41) is 13.4. The number of benzene rings is 1. The first-order chi connectivity index (χ1) is 7.74. The second kappa shape index (κ2) is 4.28. The van der Waals surface area contributed by atoms with Crippen LogP contribution in [-0.4, -0.2) is 23.0 Å². The number of hydrogen-bond acceptors (Lipinski definition) is 3. The van der Waals surface area contributed by atoms with E-state index in [2.05, 4.69) is 10.3 Å². The predicted octanol–water partition coefficient (Wildman–Crippen LogP) is 1.09. The molecule has 0 bridgehead atoms. The lowest BCUT2D eigenvalue weighted by molar-refractivity contribution is 0.0963. The van der Waals surface area contributed by atoms with E-state index in [9.17, 15) is 4.79 Å². The highest BCUT2D eigenvalue weighted by Crippen LogP contribution is 2.16. The SMILES string of the molecule is CNC(=O)c1ccc2cc(CO)ncc2c1. The van der Waals surface area contributed by atoms with Gasteiger partial charge in [-0.25, -0.2) is 0 Å². The zero-order valence-electron chi connectivity index (χ0n) is 8.90. The minimum absolute atomic E-state index is 0.0763. The first-order valence-corrected chi connectivity index (χ1v) is 4.96. The molecule has 4 nitrogen and oxygen atoms in total. The first kappa shape index (κ1) is 10.6. The van der Waals surface area contributed by atoms with Gasteiger partial charge in [0.2, 0.25) is 0 Å². The van der Waals surface area contributed by atoms with Gasteiger partial charge < -0.3 is 10.4 Å². The fraction of sp³-hybridized carbons (Fsp3) is 0.167. The monoisotopic (exact) mass is 216 g/mol. The highest BCUT2D eigenvalue weighted by molar-refractivity contribution is 5.98. The van der Waals surface area contributed by atoms with E-state index in [4.69, 9.17) is 5.11 Å². The highest BCUT2D eigenvalue weighted by Gasteiger charge is 2.04. The van der Waals surface area contributed by atoms with Crippen LogP contribution in [0.3, 0.4) is 0 Å². The molecule has 0 radical (unpaired) electrons. The number of aromatic nitrogens is 1. The Balaban J connectivity index is 2.51. The van der Waals surface area contributed by atoms with Crippen LogP contribution < -0.4 is 5.32 Å². The van der Waals surface area contributed by atoms with Crippen molar-refractivity contribution >= 4 is 16.7 Å². The van der Waals surface area contributed by atoms with E-state index in [0.717, 1.165) is 10.8 Å². The average Bonchev–Trinajstić information content (AvgIpc) is 2.36. The number of rotatable bonds is 2. The van der Waals surface area contributed by atoms with Crippen molar-refractivity contribution in [1.82, 2.24) is 10.3 Å². The Hall–Kier alpha value is -1.94. The topological polar surface area (TPSA) is 62.2 Å². The normalized spacial score (nSPS) is 10.4. The zero-order chi connectivity index (χ0) is 11.5. The third-order valence-electron chi connectivity index (χ3n) is 2.43. The molecule has 0 fully saturated rings. The lowest BCUT2D eigenvalue weighted by Crippen LogP contribution is -2.17. The van der Waals surface area contributed by atoms with Gasteiger partial charge in [-0.15, -0.1) is 0 Å². The summed E-state index contributed by atoms with van der Waals surface area (Å²) in [4.78, 5) is 15.5. The molecule has 0 atom stereocenters. The Labute approximate surface area is 92.9 Å². The third kappa shape index (κ3) is 1.87. The van der Waals surface area contributed by atoms with Gasteiger partial charge in [-0.05, 0) is 23.6 Å². The molecule has 2 rings (SSSR count). The number of amides is 1. The maximum atomic E-state index is 11.4. The average molecular weight is 216 g/mol. The van der Waals surface area contributed by atoms with Crippen LogP contribution in [0.4, 0.5) is 0 Å². The van der Waals surface area contributed by atoms with Crippen LogP contribution in [0.5, 0.6) is 0 Å².